The predicted molar refractivity (Wildman–Crippen MR) is 71.8 cm³/mol. The fourth-order valence-electron chi connectivity index (χ4n) is 2.38. The van der Waals surface area contributed by atoms with Crippen LogP contribution >= 0.6 is 0 Å². The number of hydrogen-bond acceptors (Lipinski definition) is 4. The Labute approximate surface area is 108 Å². The van der Waals surface area contributed by atoms with E-state index in [-0.39, 0.29) is 11.5 Å². The van der Waals surface area contributed by atoms with Crippen LogP contribution in [0.2, 0.25) is 0 Å². The second-order valence-corrected chi connectivity index (χ2v) is 5.11. The first kappa shape index (κ1) is 13.2. The third-order valence-electron chi connectivity index (χ3n) is 3.49. The number of phenols is 2. The van der Waals surface area contributed by atoms with Crippen molar-refractivity contribution < 1.29 is 10.2 Å². The highest BCUT2D eigenvalue weighted by Crippen LogP contribution is 2.25. The molecule has 2 rings (SSSR count). The molecule has 0 amide bonds. The fraction of sp³-hybridized carbons (Fsp3) is 0.571. The molecule has 4 nitrogen and oxygen atoms in total. The Morgan fingerprint density at radius 2 is 1.89 bits per heavy atom. The highest BCUT2D eigenvalue weighted by Gasteiger charge is 2.12. The number of benzene rings is 1. The van der Waals surface area contributed by atoms with Crippen molar-refractivity contribution in [1.29, 1.82) is 0 Å². The first-order valence-electron chi connectivity index (χ1n) is 6.57. The number of hydrogen-bond donors (Lipinski definition) is 2. The van der Waals surface area contributed by atoms with Crippen molar-refractivity contribution in [2.75, 3.05) is 33.2 Å². The first-order chi connectivity index (χ1) is 8.65. The van der Waals surface area contributed by atoms with Gasteiger partial charge in [-0.1, -0.05) is 6.07 Å². The van der Waals surface area contributed by atoms with Crippen molar-refractivity contribution in [3.05, 3.63) is 23.8 Å². The lowest BCUT2D eigenvalue weighted by atomic mass is 10.2. The smallest absolute Gasteiger partial charge is 0.157 e. The van der Waals surface area contributed by atoms with E-state index < -0.39 is 0 Å². The molecule has 0 radical (unpaired) electrons. The van der Waals surface area contributed by atoms with Gasteiger partial charge in [0.05, 0.1) is 0 Å². The van der Waals surface area contributed by atoms with Gasteiger partial charge in [-0.3, -0.25) is 0 Å². The third kappa shape index (κ3) is 3.62. The number of likely N-dealkylation sites (N-methyl/N-ethyl adjacent to an activating group) is 1. The van der Waals surface area contributed by atoms with E-state index in [1.54, 1.807) is 12.1 Å². The van der Waals surface area contributed by atoms with Crippen LogP contribution in [-0.2, 0) is 6.54 Å². The van der Waals surface area contributed by atoms with Gasteiger partial charge in [0.25, 0.3) is 0 Å². The molecule has 1 heterocycles. The summed E-state index contributed by atoms with van der Waals surface area (Å²) in [6, 6.07) is 5.02. The molecular formula is C14H22N2O2. The molecule has 1 aromatic rings. The summed E-state index contributed by atoms with van der Waals surface area (Å²) in [5.41, 5.74) is 1.02. The van der Waals surface area contributed by atoms with Crippen LogP contribution in [0.15, 0.2) is 18.2 Å². The molecule has 0 bridgehead atoms. The molecule has 0 spiro atoms. The van der Waals surface area contributed by atoms with E-state index in [1.165, 1.54) is 25.9 Å². The quantitative estimate of drug-likeness (QED) is 0.780. The Hall–Kier alpha value is -1.26. The Morgan fingerprint density at radius 1 is 1.17 bits per heavy atom. The lowest BCUT2D eigenvalue weighted by Crippen LogP contribution is -2.31. The van der Waals surface area contributed by atoms with E-state index in [2.05, 4.69) is 16.8 Å². The number of phenolic OH excluding ortho intramolecular Hbond substituents is 2. The van der Waals surface area contributed by atoms with Crippen molar-refractivity contribution in [3.63, 3.8) is 0 Å². The normalized spacial score (nSPS) is 16.6. The number of aromatic hydroxyl groups is 2. The van der Waals surface area contributed by atoms with Gasteiger partial charge in [-0.05, 0) is 50.7 Å². The molecule has 100 valence electrons. The maximum absolute atomic E-state index is 9.44. The molecule has 1 aromatic carbocycles. The second kappa shape index (κ2) is 6.07. The van der Waals surface area contributed by atoms with Crippen LogP contribution < -0.4 is 0 Å². The van der Waals surface area contributed by atoms with Gasteiger partial charge in [-0.2, -0.15) is 0 Å². The minimum atomic E-state index is -0.0570. The molecule has 0 aliphatic carbocycles. The largest absolute Gasteiger partial charge is 0.504 e. The minimum absolute atomic E-state index is 0.0413. The summed E-state index contributed by atoms with van der Waals surface area (Å²) in [5.74, 6) is -0.0982. The standard InChI is InChI=1S/C14H22N2O2/c1-15(8-9-16-6-2-3-7-16)11-12-4-5-13(17)14(18)10-12/h4-5,10,17-18H,2-3,6-9,11H2,1H3. The van der Waals surface area contributed by atoms with Gasteiger partial charge in [0.1, 0.15) is 0 Å². The fourth-order valence-corrected chi connectivity index (χ4v) is 2.38. The van der Waals surface area contributed by atoms with E-state index in [9.17, 15) is 10.2 Å². The van der Waals surface area contributed by atoms with E-state index in [1.807, 2.05) is 6.07 Å². The van der Waals surface area contributed by atoms with Gasteiger partial charge in [0.15, 0.2) is 11.5 Å². The average Bonchev–Trinajstić information content (AvgIpc) is 2.84. The lowest BCUT2D eigenvalue weighted by Gasteiger charge is -2.21. The van der Waals surface area contributed by atoms with Crippen LogP contribution in [0.5, 0.6) is 11.5 Å². The molecule has 18 heavy (non-hydrogen) atoms. The molecule has 0 saturated carbocycles. The Morgan fingerprint density at radius 3 is 2.56 bits per heavy atom. The van der Waals surface area contributed by atoms with Crippen molar-refractivity contribution in [2.45, 2.75) is 19.4 Å². The van der Waals surface area contributed by atoms with Gasteiger partial charge in [-0.25, -0.2) is 0 Å². The van der Waals surface area contributed by atoms with E-state index in [0.29, 0.717) is 0 Å². The number of nitrogens with zero attached hydrogens (tertiary/aromatic N) is 2. The van der Waals surface area contributed by atoms with Crippen molar-refractivity contribution in [3.8, 4) is 11.5 Å². The molecule has 0 unspecified atom stereocenters. The second-order valence-electron chi connectivity index (χ2n) is 5.11. The van der Waals surface area contributed by atoms with Crippen LogP contribution in [0.1, 0.15) is 18.4 Å². The lowest BCUT2D eigenvalue weighted by molar-refractivity contribution is 0.252. The molecule has 1 saturated heterocycles. The summed E-state index contributed by atoms with van der Waals surface area (Å²) < 4.78 is 0. The van der Waals surface area contributed by atoms with Crippen LogP contribution in [0, 0.1) is 0 Å². The van der Waals surface area contributed by atoms with E-state index in [0.717, 1.165) is 25.2 Å². The average molecular weight is 250 g/mol. The van der Waals surface area contributed by atoms with Gasteiger partial charge in [-0.15, -0.1) is 0 Å². The van der Waals surface area contributed by atoms with E-state index >= 15 is 0 Å². The Balaban J connectivity index is 1.78. The molecule has 4 heteroatoms. The molecule has 2 N–H and O–H groups in total. The van der Waals surface area contributed by atoms with Crippen LogP contribution in [0.4, 0.5) is 0 Å². The number of rotatable bonds is 5. The zero-order valence-electron chi connectivity index (χ0n) is 11.0. The van der Waals surface area contributed by atoms with Gasteiger partial charge in [0, 0.05) is 19.6 Å². The zero-order valence-corrected chi connectivity index (χ0v) is 11.0. The number of likely N-dealkylation sites (tertiary alicyclic amines) is 1. The van der Waals surface area contributed by atoms with Crippen molar-refractivity contribution in [2.24, 2.45) is 0 Å². The third-order valence-corrected chi connectivity index (χ3v) is 3.49. The highest BCUT2D eigenvalue weighted by molar-refractivity contribution is 5.40. The van der Waals surface area contributed by atoms with Gasteiger partial charge >= 0.3 is 0 Å². The summed E-state index contributed by atoms with van der Waals surface area (Å²) in [6.07, 6.45) is 2.66. The SMILES string of the molecule is CN(CCN1CCCC1)Cc1ccc(O)c(O)c1. The van der Waals surface area contributed by atoms with E-state index in [4.69, 9.17) is 0 Å². The summed E-state index contributed by atoms with van der Waals surface area (Å²) in [5, 5.41) is 18.7. The molecule has 1 aliphatic rings. The topological polar surface area (TPSA) is 46.9 Å². The Bertz CT molecular complexity index is 389. The molecule has 0 aromatic heterocycles. The van der Waals surface area contributed by atoms with Crippen LogP contribution in [0.3, 0.4) is 0 Å². The van der Waals surface area contributed by atoms with Gasteiger partial charge in [0.2, 0.25) is 0 Å². The van der Waals surface area contributed by atoms with Crippen LogP contribution in [-0.4, -0.2) is 53.2 Å². The molecular weight excluding hydrogens is 228 g/mol. The summed E-state index contributed by atoms with van der Waals surface area (Å²) in [6.45, 7) is 5.39. The van der Waals surface area contributed by atoms with Crippen molar-refractivity contribution >= 4 is 0 Å². The predicted octanol–water partition coefficient (Wildman–Crippen LogP) is 1.63. The minimum Gasteiger partial charge on any atom is -0.504 e. The van der Waals surface area contributed by atoms with Gasteiger partial charge < -0.3 is 20.0 Å². The summed E-state index contributed by atoms with van der Waals surface area (Å²) in [4.78, 5) is 4.73. The maximum atomic E-state index is 9.44. The zero-order chi connectivity index (χ0) is 13.0. The highest BCUT2D eigenvalue weighted by atomic mass is 16.3. The summed E-state index contributed by atoms with van der Waals surface area (Å²) in [7, 11) is 2.08. The maximum Gasteiger partial charge on any atom is 0.157 e. The summed E-state index contributed by atoms with van der Waals surface area (Å²) >= 11 is 0. The van der Waals surface area contributed by atoms with Crippen LogP contribution in [0.25, 0.3) is 0 Å². The van der Waals surface area contributed by atoms with Crippen molar-refractivity contribution in [1.82, 2.24) is 9.80 Å². The Kier molecular flexibility index (Phi) is 4.44. The molecule has 1 fully saturated rings. The molecule has 0 atom stereocenters. The molecule has 1 aliphatic heterocycles. The first-order valence-corrected chi connectivity index (χ1v) is 6.57. The monoisotopic (exact) mass is 250 g/mol.